The topological polar surface area (TPSA) is 92.4 Å². The summed E-state index contributed by atoms with van der Waals surface area (Å²) in [4.78, 5) is 20.8. The Morgan fingerprint density at radius 3 is 2.90 bits per heavy atom. The summed E-state index contributed by atoms with van der Waals surface area (Å²) in [5, 5.41) is 10.5. The van der Waals surface area contributed by atoms with Gasteiger partial charge >= 0.3 is 5.97 Å². The third-order valence-electron chi connectivity index (χ3n) is 0.908. The van der Waals surface area contributed by atoms with Crippen molar-refractivity contribution < 1.29 is 16.1 Å². The molecule has 1 atom stereocenters. The molecule has 10 heavy (non-hydrogen) atoms. The smallest absolute Gasteiger partial charge is 0.325 e. The molecular formula is C5H10N2O3. The molecule has 0 aliphatic heterocycles. The maximum atomic E-state index is 10.6. The summed E-state index contributed by atoms with van der Waals surface area (Å²) >= 11 is 0. The van der Waals surface area contributed by atoms with Crippen LogP contribution in [0, 0.1) is 0 Å². The second kappa shape index (κ2) is 3.84. The van der Waals surface area contributed by atoms with Crippen LogP contribution in [-0.2, 0) is 9.59 Å². The van der Waals surface area contributed by atoms with E-state index < -0.39 is 17.9 Å². The fourth-order valence-electron chi connectivity index (χ4n) is 0.354. The quantitative estimate of drug-likeness (QED) is 0.453. The van der Waals surface area contributed by atoms with E-state index in [0.717, 1.165) is 0 Å². The number of nitrogens with one attached hydrogen (secondary N) is 1. The Bertz CT molecular complexity index is 162. The molecule has 0 spiro atoms. The number of aliphatic carboxylic acids is 1. The molecule has 58 valence electrons. The average Bonchev–Trinajstić information content (AvgIpc) is 1.87. The lowest BCUT2D eigenvalue weighted by atomic mass is 10.3. The van der Waals surface area contributed by atoms with Crippen LogP contribution in [0.15, 0.2) is 0 Å². The maximum absolute atomic E-state index is 10.6. The first kappa shape index (κ1) is 7.01. The lowest BCUT2D eigenvalue weighted by Crippen LogP contribution is -2.41. The molecule has 0 aromatic carbocycles. The van der Waals surface area contributed by atoms with Gasteiger partial charge in [-0.25, -0.2) is 0 Å². The fourth-order valence-corrected chi connectivity index (χ4v) is 0.354. The summed E-state index contributed by atoms with van der Waals surface area (Å²) in [5.74, 6) is -1.60. The lowest BCUT2D eigenvalue weighted by Gasteiger charge is -2.06. The van der Waals surface area contributed by atoms with Crippen LogP contribution < -0.4 is 11.0 Å². The van der Waals surface area contributed by atoms with Gasteiger partial charge in [0.15, 0.2) is 0 Å². The number of carboxylic acid groups (broad SMARTS) is 1. The highest BCUT2D eigenvalue weighted by Gasteiger charge is 2.11. The highest BCUT2D eigenvalue weighted by Crippen LogP contribution is 1.78. The second-order valence-electron chi connectivity index (χ2n) is 1.80. The van der Waals surface area contributed by atoms with Crippen LogP contribution in [0.2, 0.25) is 1.41 Å². The zero-order valence-electron chi connectivity index (χ0n) is 6.55. The number of amides is 1. The summed E-state index contributed by atoms with van der Waals surface area (Å²) in [6.07, 6.45) is 0. The Labute approximate surface area is 59.7 Å². The van der Waals surface area contributed by atoms with E-state index in [0.29, 0.717) is 0 Å². The van der Waals surface area contributed by atoms with Gasteiger partial charge in [-0.3, -0.25) is 9.59 Å². The first-order valence-electron chi connectivity index (χ1n) is 3.24. The molecule has 0 fully saturated rings. The van der Waals surface area contributed by atoms with Crippen LogP contribution in [0.5, 0.6) is 0 Å². The van der Waals surface area contributed by atoms with E-state index in [1.807, 2.05) is 5.73 Å². The number of carbonyl (C=O) groups excluding carboxylic acids is 1. The van der Waals surface area contributed by atoms with Gasteiger partial charge in [0.1, 0.15) is 7.45 Å². The maximum Gasteiger partial charge on any atom is 0.325 e. The van der Waals surface area contributed by atoms with Crippen LogP contribution in [0.3, 0.4) is 0 Å². The van der Waals surface area contributed by atoms with E-state index in [4.69, 9.17) is 6.52 Å². The van der Waals surface area contributed by atoms with Crippen molar-refractivity contribution in [2.45, 2.75) is 13.0 Å². The Balaban J connectivity index is 3.66. The molecule has 0 saturated heterocycles. The van der Waals surface area contributed by atoms with Crippen molar-refractivity contribution in [1.29, 1.82) is 0 Å². The van der Waals surface area contributed by atoms with Crippen LogP contribution in [-0.4, -0.2) is 29.6 Å². The van der Waals surface area contributed by atoms with E-state index in [2.05, 4.69) is 5.32 Å². The third kappa shape index (κ3) is 3.03. The highest BCUT2D eigenvalue weighted by atomic mass is 16.4. The summed E-state index contributed by atoms with van der Waals surface area (Å²) < 4.78 is 6.43. The van der Waals surface area contributed by atoms with Crippen molar-refractivity contribution in [2.24, 2.45) is 5.73 Å². The van der Waals surface area contributed by atoms with Gasteiger partial charge in [0, 0.05) is 0 Å². The van der Waals surface area contributed by atoms with E-state index in [-0.39, 0.29) is 6.54 Å². The van der Waals surface area contributed by atoms with Crippen LogP contribution in [0.1, 0.15) is 6.92 Å². The van der Waals surface area contributed by atoms with Gasteiger partial charge < -0.3 is 16.2 Å². The van der Waals surface area contributed by atoms with Crippen LogP contribution in [0.4, 0.5) is 0 Å². The van der Waals surface area contributed by atoms with E-state index in [1.54, 1.807) is 0 Å². The molecular weight excluding hydrogens is 136 g/mol. The zero-order valence-corrected chi connectivity index (χ0v) is 5.55. The largest absolute Gasteiger partial charge is 0.480 e. The number of hydrogen-bond donors (Lipinski definition) is 3. The SMILES string of the molecule is [2H]NCC(=O)N[C@@H](C)C(=O)O. The Kier molecular flexibility index (Phi) is 2.69. The number of nitrogens with two attached hydrogens (primary N) is 1. The van der Waals surface area contributed by atoms with Gasteiger partial charge in [0.05, 0.1) is 6.54 Å². The van der Waals surface area contributed by atoms with Gasteiger partial charge in [-0.15, -0.1) is 0 Å². The molecule has 0 aromatic rings. The van der Waals surface area contributed by atoms with Crippen molar-refractivity contribution in [3.8, 4) is 0 Å². The van der Waals surface area contributed by atoms with Crippen molar-refractivity contribution >= 4 is 11.9 Å². The summed E-state index contributed by atoms with van der Waals surface area (Å²) in [6.45, 7) is 1.15. The zero-order chi connectivity index (χ0) is 8.85. The van der Waals surface area contributed by atoms with Crippen molar-refractivity contribution in [3.05, 3.63) is 0 Å². The number of rotatable bonds is 4. The van der Waals surface area contributed by atoms with Crippen molar-refractivity contribution in [1.82, 2.24) is 5.32 Å². The predicted octanol–water partition coefficient (Wildman–Crippen LogP) is -1.47. The van der Waals surface area contributed by atoms with E-state index in [1.165, 1.54) is 6.92 Å². The van der Waals surface area contributed by atoms with Gasteiger partial charge in [-0.2, -0.15) is 0 Å². The molecule has 0 bridgehead atoms. The van der Waals surface area contributed by atoms with Gasteiger partial charge in [0.2, 0.25) is 5.91 Å². The van der Waals surface area contributed by atoms with E-state index in [9.17, 15) is 9.59 Å². The fraction of sp³-hybridized carbons (Fsp3) is 0.600. The normalized spacial score (nSPS) is 13.5. The Hall–Kier alpha value is -1.10. The molecule has 0 saturated carbocycles. The van der Waals surface area contributed by atoms with E-state index >= 15 is 0 Å². The minimum Gasteiger partial charge on any atom is -0.480 e. The standard InChI is InChI=1S/C5H10N2O3/c1-3(5(9)10)7-4(8)2-6/h3H,2,6H2,1H3,(H,7,8)(H,9,10)/t3-/m0/s1/i/hD. The summed E-state index contributed by atoms with van der Waals surface area (Å²) in [6, 6.07) is -0.907. The molecule has 0 aliphatic carbocycles. The monoisotopic (exact) mass is 147 g/mol. The third-order valence-corrected chi connectivity index (χ3v) is 0.908. The summed E-state index contributed by atoms with van der Waals surface area (Å²) in [5.41, 5.74) is 1.86. The first-order valence-corrected chi connectivity index (χ1v) is 2.74. The highest BCUT2D eigenvalue weighted by molar-refractivity contribution is 5.84. The number of carboxylic acids is 1. The van der Waals surface area contributed by atoms with Crippen molar-refractivity contribution in [2.75, 3.05) is 6.54 Å². The minimum absolute atomic E-state index is 0.197. The molecule has 0 unspecified atom stereocenters. The molecule has 0 radical (unpaired) electrons. The summed E-state index contributed by atoms with van der Waals surface area (Å²) in [7, 11) is 0. The Morgan fingerprint density at radius 2 is 2.50 bits per heavy atom. The van der Waals surface area contributed by atoms with Gasteiger partial charge in [-0.05, 0) is 6.92 Å². The van der Waals surface area contributed by atoms with Crippen molar-refractivity contribution in [3.63, 3.8) is 0 Å². The molecule has 4 N–H and O–H groups in total. The van der Waals surface area contributed by atoms with Gasteiger partial charge in [0.25, 0.3) is 0 Å². The average molecular weight is 147 g/mol. The molecule has 5 nitrogen and oxygen atoms in total. The first-order chi connectivity index (χ1) is 5.07. The van der Waals surface area contributed by atoms with Crippen LogP contribution >= 0.6 is 0 Å². The Morgan fingerprint density at radius 1 is 1.90 bits per heavy atom. The number of hydrogen-bond acceptors (Lipinski definition) is 3. The molecule has 0 rings (SSSR count). The number of carbonyl (C=O) groups is 2. The molecule has 0 aromatic heterocycles. The predicted molar refractivity (Wildman–Crippen MR) is 34.3 cm³/mol. The molecule has 0 aliphatic rings. The van der Waals surface area contributed by atoms with Gasteiger partial charge in [-0.1, -0.05) is 0 Å². The molecule has 1 amide bonds. The molecule has 5 heteroatoms. The second-order valence-corrected chi connectivity index (χ2v) is 1.80. The molecule has 0 heterocycles. The van der Waals surface area contributed by atoms with Crippen LogP contribution in [0.25, 0.3) is 0 Å². The minimum atomic E-state index is -1.09. The lowest BCUT2D eigenvalue weighted by molar-refractivity contribution is -0.141.